The lowest BCUT2D eigenvalue weighted by atomic mass is 10.2. The van der Waals surface area contributed by atoms with Crippen LogP contribution in [0.1, 0.15) is 13.8 Å². The second-order valence-electron chi connectivity index (χ2n) is 5.12. The summed E-state index contributed by atoms with van der Waals surface area (Å²) in [5, 5.41) is 4.48. The van der Waals surface area contributed by atoms with Gasteiger partial charge in [0.15, 0.2) is 0 Å². The second-order valence-corrected chi connectivity index (χ2v) is 5.12. The van der Waals surface area contributed by atoms with Gasteiger partial charge < -0.3 is 14.8 Å². The topological polar surface area (TPSA) is 43.4 Å². The highest BCUT2D eigenvalue weighted by molar-refractivity contribution is 5.79. The molecule has 1 aromatic heterocycles. The fourth-order valence-corrected chi connectivity index (χ4v) is 2.00. The van der Waals surface area contributed by atoms with Crippen molar-refractivity contribution in [3.63, 3.8) is 0 Å². The highest BCUT2D eigenvalue weighted by Gasteiger charge is 2.11. The molecule has 1 unspecified atom stereocenters. The Bertz CT molecular complexity index is 543. The van der Waals surface area contributed by atoms with Crippen molar-refractivity contribution >= 4 is 10.9 Å². The zero-order valence-electron chi connectivity index (χ0n) is 12.3. The maximum absolute atomic E-state index is 5.99. The molecule has 1 heterocycles. The molecule has 0 bridgehead atoms. The van der Waals surface area contributed by atoms with Crippen LogP contribution in [-0.4, -0.2) is 37.4 Å². The number of aromatic nitrogens is 1. The summed E-state index contributed by atoms with van der Waals surface area (Å²) >= 11 is 0. The van der Waals surface area contributed by atoms with Crippen molar-refractivity contribution in [3.05, 3.63) is 36.5 Å². The Hall–Kier alpha value is -1.65. The van der Waals surface area contributed by atoms with Crippen LogP contribution < -0.4 is 10.1 Å². The van der Waals surface area contributed by atoms with E-state index in [0.29, 0.717) is 12.6 Å². The summed E-state index contributed by atoms with van der Waals surface area (Å²) in [6.45, 7) is 5.54. The minimum absolute atomic E-state index is 0.0106. The molecular formula is C16H22N2O2. The summed E-state index contributed by atoms with van der Waals surface area (Å²) < 4.78 is 11.2. The Morgan fingerprint density at radius 1 is 1.25 bits per heavy atom. The zero-order valence-corrected chi connectivity index (χ0v) is 12.3. The fourth-order valence-electron chi connectivity index (χ4n) is 2.00. The lowest BCUT2D eigenvalue weighted by Gasteiger charge is -2.20. The first-order valence-electron chi connectivity index (χ1n) is 6.93. The van der Waals surface area contributed by atoms with Gasteiger partial charge in [0.05, 0.1) is 12.1 Å². The summed E-state index contributed by atoms with van der Waals surface area (Å²) in [6.07, 6.45) is 1.78. The van der Waals surface area contributed by atoms with Crippen LogP contribution in [0.15, 0.2) is 36.5 Å². The minimum atomic E-state index is -0.0106. The van der Waals surface area contributed by atoms with Gasteiger partial charge in [0.1, 0.15) is 11.9 Å². The summed E-state index contributed by atoms with van der Waals surface area (Å²) in [5.41, 5.74) is 0.943. The second kappa shape index (κ2) is 7.22. The number of pyridine rings is 1. The third-order valence-electron chi connectivity index (χ3n) is 2.99. The van der Waals surface area contributed by atoms with Crippen LogP contribution in [0.25, 0.3) is 10.9 Å². The molecule has 20 heavy (non-hydrogen) atoms. The highest BCUT2D eigenvalue weighted by atomic mass is 16.5. The number of hydrogen-bond acceptors (Lipinski definition) is 4. The summed E-state index contributed by atoms with van der Waals surface area (Å²) in [6, 6.07) is 10.4. The normalized spacial score (nSPS) is 12.8. The molecule has 0 spiro atoms. The molecule has 1 aromatic carbocycles. The van der Waals surface area contributed by atoms with Gasteiger partial charge in [-0.3, -0.25) is 4.98 Å². The van der Waals surface area contributed by atoms with E-state index in [1.807, 2.05) is 30.3 Å². The number of fused-ring (bicyclic) bond motifs is 1. The summed E-state index contributed by atoms with van der Waals surface area (Å²) in [7, 11) is 1.69. The molecule has 0 saturated carbocycles. The third kappa shape index (κ3) is 4.18. The smallest absolute Gasteiger partial charge is 0.134 e. The van der Waals surface area contributed by atoms with Gasteiger partial charge in [-0.25, -0.2) is 0 Å². The van der Waals surface area contributed by atoms with E-state index >= 15 is 0 Å². The molecule has 2 aromatic rings. The molecule has 0 fully saturated rings. The van der Waals surface area contributed by atoms with E-state index in [1.54, 1.807) is 13.3 Å². The van der Waals surface area contributed by atoms with Crippen LogP contribution >= 0.6 is 0 Å². The number of ether oxygens (including phenoxy) is 2. The quantitative estimate of drug-likeness (QED) is 0.843. The Morgan fingerprint density at radius 2 is 2.10 bits per heavy atom. The Balaban J connectivity index is 2.07. The first kappa shape index (κ1) is 14.8. The third-order valence-corrected chi connectivity index (χ3v) is 2.99. The van der Waals surface area contributed by atoms with E-state index in [4.69, 9.17) is 9.47 Å². The molecule has 0 aliphatic rings. The lowest BCUT2D eigenvalue weighted by molar-refractivity contribution is 0.0795. The molecule has 0 radical (unpaired) electrons. The molecule has 0 aliphatic carbocycles. The summed E-state index contributed by atoms with van der Waals surface area (Å²) in [4.78, 5) is 4.34. The summed E-state index contributed by atoms with van der Waals surface area (Å²) in [5.74, 6) is 0.823. The molecule has 1 atom stereocenters. The van der Waals surface area contributed by atoms with Crippen molar-refractivity contribution in [2.24, 2.45) is 0 Å². The van der Waals surface area contributed by atoms with Crippen LogP contribution in [0.5, 0.6) is 5.75 Å². The fraction of sp³-hybridized carbons (Fsp3) is 0.438. The largest absolute Gasteiger partial charge is 0.487 e. The first-order chi connectivity index (χ1) is 9.69. The number of rotatable bonds is 7. The molecule has 1 N–H and O–H groups in total. The van der Waals surface area contributed by atoms with E-state index in [0.717, 1.165) is 23.2 Å². The van der Waals surface area contributed by atoms with Gasteiger partial charge >= 0.3 is 0 Å². The SMILES string of the molecule is COCC(CNC(C)C)Oc1ccc2cccnc2c1. The van der Waals surface area contributed by atoms with Gasteiger partial charge in [-0.2, -0.15) is 0 Å². The van der Waals surface area contributed by atoms with Crippen LogP contribution in [0.3, 0.4) is 0 Å². The van der Waals surface area contributed by atoms with E-state index < -0.39 is 0 Å². The van der Waals surface area contributed by atoms with E-state index in [2.05, 4.69) is 24.1 Å². The minimum Gasteiger partial charge on any atom is -0.487 e. The number of methoxy groups -OCH3 is 1. The molecule has 0 saturated heterocycles. The van der Waals surface area contributed by atoms with Crippen molar-refractivity contribution in [1.82, 2.24) is 10.3 Å². The molecule has 0 amide bonds. The first-order valence-corrected chi connectivity index (χ1v) is 6.93. The van der Waals surface area contributed by atoms with Crippen molar-refractivity contribution in [3.8, 4) is 5.75 Å². The van der Waals surface area contributed by atoms with Gasteiger partial charge in [-0.1, -0.05) is 19.9 Å². The van der Waals surface area contributed by atoms with E-state index in [-0.39, 0.29) is 6.10 Å². The zero-order chi connectivity index (χ0) is 14.4. The van der Waals surface area contributed by atoms with Gasteiger partial charge in [0.2, 0.25) is 0 Å². The van der Waals surface area contributed by atoms with Crippen LogP contribution in [0.2, 0.25) is 0 Å². The highest BCUT2D eigenvalue weighted by Crippen LogP contribution is 2.19. The van der Waals surface area contributed by atoms with Crippen molar-refractivity contribution in [2.45, 2.75) is 26.0 Å². The molecular weight excluding hydrogens is 252 g/mol. The Kier molecular flexibility index (Phi) is 5.32. The lowest BCUT2D eigenvalue weighted by Crippen LogP contribution is -2.38. The van der Waals surface area contributed by atoms with Gasteiger partial charge in [0.25, 0.3) is 0 Å². The van der Waals surface area contributed by atoms with E-state index in [1.165, 1.54) is 0 Å². The molecule has 2 rings (SSSR count). The monoisotopic (exact) mass is 274 g/mol. The molecule has 0 aliphatic heterocycles. The van der Waals surface area contributed by atoms with Crippen molar-refractivity contribution < 1.29 is 9.47 Å². The predicted molar refractivity (Wildman–Crippen MR) is 81.2 cm³/mol. The Morgan fingerprint density at radius 3 is 2.85 bits per heavy atom. The van der Waals surface area contributed by atoms with Gasteiger partial charge in [-0.05, 0) is 18.2 Å². The van der Waals surface area contributed by atoms with Crippen molar-refractivity contribution in [1.29, 1.82) is 0 Å². The number of nitrogens with one attached hydrogen (secondary N) is 1. The predicted octanol–water partition coefficient (Wildman–Crippen LogP) is 2.63. The van der Waals surface area contributed by atoms with Crippen molar-refractivity contribution in [2.75, 3.05) is 20.3 Å². The average molecular weight is 274 g/mol. The van der Waals surface area contributed by atoms with Crippen LogP contribution in [0.4, 0.5) is 0 Å². The Labute approximate surface area is 120 Å². The molecule has 4 nitrogen and oxygen atoms in total. The maximum Gasteiger partial charge on any atom is 0.134 e. The molecule has 4 heteroatoms. The van der Waals surface area contributed by atoms with Gasteiger partial charge in [-0.15, -0.1) is 0 Å². The average Bonchev–Trinajstić information content (AvgIpc) is 2.45. The molecule has 108 valence electrons. The van der Waals surface area contributed by atoms with Crippen LogP contribution in [0, 0.1) is 0 Å². The maximum atomic E-state index is 5.99. The van der Waals surface area contributed by atoms with E-state index in [9.17, 15) is 0 Å². The van der Waals surface area contributed by atoms with Gasteiger partial charge in [0, 0.05) is 37.3 Å². The standard InChI is InChI=1S/C16H22N2O2/c1-12(2)18-10-15(11-19-3)20-14-7-6-13-5-4-8-17-16(13)9-14/h4-9,12,15,18H,10-11H2,1-3H3. The number of benzene rings is 1. The number of nitrogens with zero attached hydrogens (tertiary/aromatic N) is 1. The van der Waals surface area contributed by atoms with Crippen LogP contribution in [-0.2, 0) is 4.74 Å². The number of hydrogen-bond donors (Lipinski definition) is 1.